The topological polar surface area (TPSA) is 3.24 Å². The normalized spacial score (nSPS) is 23.0. The molecule has 0 bridgehead atoms. The first-order valence-corrected chi connectivity index (χ1v) is 2.88. The molecule has 0 atom stereocenters. The first kappa shape index (κ1) is 6.05. The molecule has 1 heterocycles. The summed E-state index contributed by atoms with van der Waals surface area (Å²) >= 11 is 5.50. The van der Waals surface area contributed by atoms with Gasteiger partial charge in [0.15, 0.2) is 0 Å². The first-order chi connectivity index (χ1) is 3.79. The van der Waals surface area contributed by atoms with Crippen LogP contribution < -0.4 is 0 Å². The lowest BCUT2D eigenvalue weighted by Crippen LogP contribution is -2.17. The number of nitrogens with zero attached hydrogens (tertiary/aromatic N) is 1. The van der Waals surface area contributed by atoms with Gasteiger partial charge in [0.1, 0.15) is 0 Å². The Morgan fingerprint density at radius 1 is 1.75 bits per heavy atom. The molecule has 0 aromatic carbocycles. The van der Waals surface area contributed by atoms with E-state index in [4.69, 9.17) is 11.8 Å². The van der Waals surface area contributed by atoms with Crippen LogP contribution in [0.1, 0.15) is 6.42 Å². The molecule has 8 heavy (non-hydrogen) atoms. The SMILES string of the molecule is FC1=CCN(Cl)CC1. The molecular weight excluding hydrogens is 129 g/mol. The fourth-order valence-corrected chi connectivity index (χ4v) is 0.773. The molecule has 3 heteroatoms. The third kappa shape index (κ3) is 1.46. The molecular formula is C5H7ClFN. The van der Waals surface area contributed by atoms with Crippen LogP contribution in [0.15, 0.2) is 11.9 Å². The Morgan fingerprint density at radius 2 is 2.50 bits per heavy atom. The van der Waals surface area contributed by atoms with Gasteiger partial charge in [-0.15, -0.1) is 0 Å². The van der Waals surface area contributed by atoms with E-state index in [1.807, 2.05) is 0 Å². The number of rotatable bonds is 0. The summed E-state index contributed by atoms with van der Waals surface area (Å²) in [6.45, 7) is 1.16. The van der Waals surface area contributed by atoms with Crippen LogP contribution in [0.3, 0.4) is 0 Å². The molecule has 0 spiro atoms. The van der Waals surface area contributed by atoms with Gasteiger partial charge in [0.25, 0.3) is 0 Å². The third-order valence-electron chi connectivity index (χ3n) is 1.10. The van der Waals surface area contributed by atoms with Gasteiger partial charge in [-0.25, -0.2) is 8.81 Å². The van der Waals surface area contributed by atoms with Gasteiger partial charge in [-0.05, 0) is 17.9 Å². The number of halogens is 2. The summed E-state index contributed by atoms with van der Waals surface area (Å²) in [7, 11) is 0. The molecule has 0 unspecified atom stereocenters. The fraction of sp³-hybridized carbons (Fsp3) is 0.600. The molecule has 1 aliphatic heterocycles. The van der Waals surface area contributed by atoms with Crippen molar-refractivity contribution >= 4 is 11.8 Å². The molecule has 0 aliphatic carbocycles. The summed E-state index contributed by atoms with van der Waals surface area (Å²) < 4.78 is 13.7. The lowest BCUT2D eigenvalue weighted by atomic mass is 10.3. The highest BCUT2D eigenvalue weighted by molar-refractivity contribution is 6.13. The molecule has 0 saturated heterocycles. The predicted octanol–water partition coefficient (Wildman–Crippen LogP) is 1.70. The van der Waals surface area contributed by atoms with Gasteiger partial charge in [-0.2, -0.15) is 0 Å². The molecule has 0 amide bonds. The standard InChI is InChI=1S/C5H7ClFN/c6-8-3-1-5(7)2-4-8/h1H,2-4H2. The van der Waals surface area contributed by atoms with E-state index in [2.05, 4.69) is 0 Å². The maximum atomic E-state index is 12.1. The van der Waals surface area contributed by atoms with Crippen molar-refractivity contribution in [2.75, 3.05) is 13.1 Å². The van der Waals surface area contributed by atoms with Crippen LogP contribution in [-0.4, -0.2) is 17.5 Å². The van der Waals surface area contributed by atoms with Gasteiger partial charge in [0.2, 0.25) is 0 Å². The highest BCUT2D eigenvalue weighted by Gasteiger charge is 2.06. The molecule has 1 aliphatic rings. The average Bonchev–Trinajstić information content (AvgIpc) is 1.77. The minimum absolute atomic E-state index is 0.0399. The number of hydrogen-bond donors (Lipinski definition) is 0. The minimum Gasteiger partial charge on any atom is -0.216 e. The molecule has 46 valence electrons. The van der Waals surface area contributed by atoms with Crippen LogP contribution in [0.4, 0.5) is 4.39 Å². The molecule has 0 radical (unpaired) electrons. The molecule has 1 rings (SSSR count). The zero-order valence-corrected chi connectivity index (χ0v) is 5.16. The lowest BCUT2D eigenvalue weighted by Gasteiger charge is -2.14. The van der Waals surface area contributed by atoms with E-state index in [1.54, 1.807) is 4.42 Å². The van der Waals surface area contributed by atoms with Gasteiger partial charge in [0.05, 0.1) is 5.83 Å². The molecule has 0 fully saturated rings. The summed E-state index contributed by atoms with van der Waals surface area (Å²) in [6.07, 6.45) is 1.96. The van der Waals surface area contributed by atoms with Crippen molar-refractivity contribution in [3.8, 4) is 0 Å². The molecule has 1 nitrogen and oxygen atoms in total. The van der Waals surface area contributed by atoms with Gasteiger partial charge in [-0.3, -0.25) is 0 Å². The van der Waals surface area contributed by atoms with Crippen LogP contribution in [0.2, 0.25) is 0 Å². The van der Waals surface area contributed by atoms with E-state index in [-0.39, 0.29) is 5.83 Å². The third-order valence-corrected chi connectivity index (χ3v) is 1.41. The summed E-state index contributed by atoms with van der Waals surface area (Å²) in [4.78, 5) is 0. The summed E-state index contributed by atoms with van der Waals surface area (Å²) in [5.74, 6) is -0.0399. The van der Waals surface area contributed by atoms with Crippen molar-refractivity contribution < 1.29 is 4.39 Å². The van der Waals surface area contributed by atoms with E-state index in [1.165, 1.54) is 6.08 Å². The quantitative estimate of drug-likeness (QED) is 0.457. The van der Waals surface area contributed by atoms with Crippen LogP contribution in [-0.2, 0) is 0 Å². The zero-order valence-electron chi connectivity index (χ0n) is 4.40. The highest BCUT2D eigenvalue weighted by atomic mass is 35.5. The lowest BCUT2D eigenvalue weighted by molar-refractivity contribution is 0.433. The van der Waals surface area contributed by atoms with E-state index in [9.17, 15) is 4.39 Å². The smallest absolute Gasteiger partial charge is 0.0986 e. The van der Waals surface area contributed by atoms with Gasteiger partial charge >= 0.3 is 0 Å². The fourth-order valence-electron chi connectivity index (χ4n) is 0.620. The van der Waals surface area contributed by atoms with Crippen LogP contribution in [0, 0.1) is 0 Å². The van der Waals surface area contributed by atoms with Crippen LogP contribution >= 0.6 is 11.8 Å². The summed E-state index contributed by atoms with van der Waals surface area (Å²) in [5, 5.41) is 0. The second-order valence-electron chi connectivity index (χ2n) is 1.77. The van der Waals surface area contributed by atoms with Crippen LogP contribution in [0.25, 0.3) is 0 Å². The Bertz CT molecular complexity index is 113. The maximum Gasteiger partial charge on any atom is 0.0986 e. The highest BCUT2D eigenvalue weighted by Crippen LogP contribution is 2.11. The van der Waals surface area contributed by atoms with E-state index < -0.39 is 0 Å². The Hall–Kier alpha value is -0.0800. The van der Waals surface area contributed by atoms with Crippen molar-refractivity contribution in [1.82, 2.24) is 4.42 Å². The van der Waals surface area contributed by atoms with Crippen molar-refractivity contribution in [1.29, 1.82) is 0 Å². The summed E-state index contributed by atoms with van der Waals surface area (Å²) in [6, 6.07) is 0. The Morgan fingerprint density at radius 3 is 2.88 bits per heavy atom. The molecule has 0 saturated carbocycles. The minimum atomic E-state index is -0.0399. The van der Waals surface area contributed by atoms with Crippen LogP contribution in [0.5, 0.6) is 0 Å². The zero-order chi connectivity index (χ0) is 5.98. The first-order valence-electron chi connectivity index (χ1n) is 2.54. The van der Waals surface area contributed by atoms with Crippen molar-refractivity contribution in [3.63, 3.8) is 0 Å². The Labute approximate surface area is 52.8 Å². The van der Waals surface area contributed by atoms with Gasteiger partial charge in [0, 0.05) is 19.5 Å². The van der Waals surface area contributed by atoms with Gasteiger partial charge in [-0.1, -0.05) is 0 Å². The molecule has 0 N–H and O–H groups in total. The summed E-state index contributed by atoms with van der Waals surface area (Å²) in [5.41, 5.74) is 0. The number of hydrogen-bond acceptors (Lipinski definition) is 1. The molecule has 0 aromatic rings. The maximum absolute atomic E-state index is 12.1. The Balaban J connectivity index is 2.42. The van der Waals surface area contributed by atoms with Crippen molar-refractivity contribution in [2.45, 2.75) is 6.42 Å². The second-order valence-corrected chi connectivity index (χ2v) is 2.25. The van der Waals surface area contributed by atoms with Crippen molar-refractivity contribution in [3.05, 3.63) is 11.9 Å². The van der Waals surface area contributed by atoms with E-state index >= 15 is 0 Å². The average molecular weight is 136 g/mol. The predicted molar refractivity (Wildman–Crippen MR) is 31.2 cm³/mol. The Kier molecular flexibility index (Phi) is 1.86. The molecule has 0 aromatic heterocycles. The second kappa shape index (κ2) is 2.46. The van der Waals surface area contributed by atoms with E-state index in [0.717, 1.165) is 0 Å². The van der Waals surface area contributed by atoms with Gasteiger partial charge < -0.3 is 0 Å². The monoisotopic (exact) mass is 135 g/mol. The van der Waals surface area contributed by atoms with Crippen molar-refractivity contribution in [2.24, 2.45) is 0 Å². The largest absolute Gasteiger partial charge is 0.216 e. The van der Waals surface area contributed by atoms with E-state index in [0.29, 0.717) is 19.5 Å².